The number of carbonyl (C=O) groups is 1. The molecule has 0 radical (unpaired) electrons. The molecule has 20 heavy (non-hydrogen) atoms. The molecular weight excluding hydrogens is 254 g/mol. The van der Waals surface area contributed by atoms with E-state index in [0.717, 1.165) is 11.3 Å². The summed E-state index contributed by atoms with van der Waals surface area (Å²) >= 11 is 0. The van der Waals surface area contributed by atoms with Gasteiger partial charge in [-0.3, -0.25) is 4.79 Å². The number of nitrogens with one attached hydrogen (secondary N) is 1. The molecule has 2 N–H and O–H groups in total. The first-order chi connectivity index (χ1) is 9.67. The monoisotopic (exact) mass is 269 g/mol. The molecule has 0 atom stereocenters. The van der Waals surface area contributed by atoms with Crippen LogP contribution >= 0.6 is 0 Å². The third-order valence-corrected chi connectivity index (χ3v) is 2.66. The smallest absolute Gasteiger partial charge is 0.248 e. The number of hydrogen-bond acceptors (Lipinski definition) is 3. The Bertz CT molecular complexity index is 618. The Balaban J connectivity index is 1.99. The lowest BCUT2D eigenvalue weighted by atomic mass is 10.2. The summed E-state index contributed by atoms with van der Waals surface area (Å²) < 4.78 is 5.11. The highest BCUT2D eigenvalue weighted by atomic mass is 16.5. The van der Waals surface area contributed by atoms with Gasteiger partial charge in [-0.25, -0.2) is 0 Å². The van der Waals surface area contributed by atoms with E-state index in [2.05, 4.69) is 5.32 Å². The maximum atomic E-state index is 11.7. The molecule has 0 spiro atoms. The van der Waals surface area contributed by atoms with Gasteiger partial charge in [0.1, 0.15) is 11.5 Å². The second-order valence-corrected chi connectivity index (χ2v) is 4.15. The normalized spacial score (nSPS) is 10.4. The minimum Gasteiger partial charge on any atom is -0.508 e. The van der Waals surface area contributed by atoms with E-state index in [4.69, 9.17) is 9.84 Å². The van der Waals surface area contributed by atoms with Crippen molar-refractivity contribution >= 4 is 17.7 Å². The zero-order valence-corrected chi connectivity index (χ0v) is 11.0. The van der Waals surface area contributed by atoms with Crippen LogP contribution in [-0.2, 0) is 4.79 Å². The van der Waals surface area contributed by atoms with Gasteiger partial charge in [0.15, 0.2) is 0 Å². The van der Waals surface area contributed by atoms with E-state index in [9.17, 15) is 4.79 Å². The Morgan fingerprint density at radius 3 is 2.65 bits per heavy atom. The van der Waals surface area contributed by atoms with E-state index in [0.29, 0.717) is 5.69 Å². The summed E-state index contributed by atoms with van der Waals surface area (Å²) in [7, 11) is 1.60. The van der Waals surface area contributed by atoms with Crippen LogP contribution in [0.25, 0.3) is 6.08 Å². The predicted octanol–water partition coefficient (Wildman–Crippen LogP) is 3.05. The van der Waals surface area contributed by atoms with Crippen LogP contribution < -0.4 is 10.1 Å². The molecule has 2 rings (SSSR count). The topological polar surface area (TPSA) is 58.6 Å². The van der Waals surface area contributed by atoms with E-state index >= 15 is 0 Å². The molecule has 4 heteroatoms. The van der Waals surface area contributed by atoms with Crippen LogP contribution in [0.1, 0.15) is 5.56 Å². The summed E-state index contributed by atoms with van der Waals surface area (Å²) in [5, 5.41) is 11.9. The van der Waals surface area contributed by atoms with Crippen LogP contribution in [0.15, 0.2) is 54.6 Å². The molecule has 0 aliphatic heterocycles. The molecule has 0 saturated heterocycles. The molecule has 2 aromatic rings. The number of ether oxygens (including phenoxy) is 1. The number of amides is 1. The maximum Gasteiger partial charge on any atom is 0.248 e. The molecule has 0 saturated carbocycles. The molecule has 2 aromatic carbocycles. The van der Waals surface area contributed by atoms with Gasteiger partial charge in [0.05, 0.1) is 7.11 Å². The summed E-state index contributed by atoms with van der Waals surface area (Å²) in [5.41, 5.74) is 1.51. The molecule has 0 fully saturated rings. The molecule has 102 valence electrons. The summed E-state index contributed by atoms with van der Waals surface area (Å²) in [6, 6.07) is 13.7. The summed E-state index contributed by atoms with van der Waals surface area (Å²) in [4.78, 5) is 11.7. The third-order valence-electron chi connectivity index (χ3n) is 2.66. The highest BCUT2D eigenvalue weighted by Gasteiger charge is 1.98. The standard InChI is InChI=1S/C16H15NO3/c1-20-15-4-2-3-12(11-15)5-10-16(19)17-13-6-8-14(18)9-7-13/h2-11,18H,1H3,(H,17,19)/b10-5+. The zero-order valence-electron chi connectivity index (χ0n) is 11.0. The minimum atomic E-state index is -0.237. The average molecular weight is 269 g/mol. The molecule has 0 aliphatic carbocycles. The molecule has 0 aromatic heterocycles. The summed E-state index contributed by atoms with van der Waals surface area (Å²) in [5.74, 6) is 0.666. The van der Waals surface area contributed by atoms with Crippen LogP contribution in [0.3, 0.4) is 0 Å². The number of aromatic hydroxyl groups is 1. The van der Waals surface area contributed by atoms with Gasteiger partial charge in [0.25, 0.3) is 0 Å². The number of carbonyl (C=O) groups excluding carboxylic acids is 1. The quantitative estimate of drug-likeness (QED) is 0.662. The van der Waals surface area contributed by atoms with Gasteiger partial charge in [-0.05, 0) is 48.0 Å². The number of benzene rings is 2. The Hall–Kier alpha value is -2.75. The molecule has 0 heterocycles. The van der Waals surface area contributed by atoms with E-state index < -0.39 is 0 Å². The molecule has 4 nitrogen and oxygen atoms in total. The van der Waals surface area contributed by atoms with Crippen molar-refractivity contribution in [3.63, 3.8) is 0 Å². The average Bonchev–Trinajstić information content (AvgIpc) is 2.48. The lowest BCUT2D eigenvalue weighted by Gasteiger charge is -2.02. The second kappa shape index (κ2) is 6.43. The van der Waals surface area contributed by atoms with Crippen LogP contribution in [0, 0.1) is 0 Å². The maximum absolute atomic E-state index is 11.7. The molecule has 0 bridgehead atoms. The summed E-state index contributed by atoms with van der Waals surface area (Å²) in [6.45, 7) is 0. The first-order valence-electron chi connectivity index (χ1n) is 6.09. The first kappa shape index (κ1) is 13.7. The van der Waals surface area contributed by atoms with Crippen LogP contribution in [0.2, 0.25) is 0 Å². The summed E-state index contributed by atoms with van der Waals surface area (Å²) in [6.07, 6.45) is 3.15. The Labute approximate surface area is 117 Å². The Kier molecular flexibility index (Phi) is 4.39. The predicted molar refractivity (Wildman–Crippen MR) is 78.8 cm³/mol. The van der Waals surface area contributed by atoms with Crippen LogP contribution in [-0.4, -0.2) is 18.1 Å². The van der Waals surface area contributed by atoms with Gasteiger partial charge in [-0.15, -0.1) is 0 Å². The van der Waals surface area contributed by atoms with Gasteiger partial charge in [-0.2, -0.15) is 0 Å². The SMILES string of the molecule is COc1cccc(/C=C/C(=O)Nc2ccc(O)cc2)c1. The van der Waals surface area contributed by atoms with Crippen molar-refractivity contribution in [2.75, 3.05) is 12.4 Å². The minimum absolute atomic E-state index is 0.162. The Morgan fingerprint density at radius 2 is 1.95 bits per heavy atom. The van der Waals surface area contributed by atoms with Crippen LogP contribution in [0.5, 0.6) is 11.5 Å². The molecule has 0 aliphatic rings. The fourth-order valence-corrected chi connectivity index (χ4v) is 1.65. The van der Waals surface area contributed by atoms with Crippen molar-refractivity contribution in [2.45, 2.75) is 0 Å². The van der Waals surface area contributed by atoms with Crippen molar-refractivity contribution in [1.29, 1.82) is 0 Å². The van der Waals surface area contributed by atoms with Crippen molar-refractivity contribution < 1.29 is 14.6 Å². The van der Waals surface area contributed by atoms with Crippen molar-refractivity contribution in [3.05, 3.63) is 60.2 Å². The number of hydrogen-bond donors (Lipinski definition) is 2. The van der Waals surface area contributed by atoms with Crippen molar-refractivity contribution in [1.82, 2.24) is 0 Å². The van der Waals surface area contributed by atoms with Gasteiger partial charge in [-0.1, -0.05) is 12.1 Å². The number of phenolic OH excluding ortho intramolecular Hbond substituents is 1. The first-order valence-corrected chi connectivity index (χ1v) is 6.09. The highest BCUT2D eigenvalue weighted by molar-refractivity contribution is 6.01. The molecule has 1 amide bonds. The number of phenols is 1. The lowest BCUT2D eigenvalue weighted by Crippen LogP contribution is -2.07. The van der Waals surface area contributed by atoms with E-state index in [1.165, 1.54) is 18.2 Å². The number of rotatable bonds is 4. The van der Waals surface area contributed by atoms with Crippen LogP contribution in [0.4, 0.5) is 5.69 Å². The van der Waals surface area contributed by atoms with Crippen molar-refractivity contribution in [2.24, 2.45) is 0 Å². The third kappa shape index (κ3) is 3.88. The number of methoxy groups -OCH3 is 1. The van der Waals surface area contributed by atoms with E-state index in [-0.39, 0.29) is 11.7 Å². The highest BCUT2D eigenvalue weighted by Crippen LogP contribution is 2.15. The lowest BCUT2D eigenvalue weighted by molar-refractivity contribution is -0.111. The Morgan fingerprint density at radius 1 is 1.20 bits per heavy atom. The van der Waals surface area contributed by atoms with Gasteiger partial charge in [0, 0.05) is 11.8 Å². The largest absolute Gasteiger partial charge is 0.508 e. The molecular formula is C16H15NO3. The van der Waals surface area contributed by atoms with Gasteiger partial charge in [0.2, 0.25) is 5.91 Å². The van der Waals surface area contributed by atoms with Gasteiger partial charge >= 0.3 is 0 Å². The second-order valence-electron chi connectivity index (χ2n) is 4.15. The van der Waals surface area contributed by atoms with Gasteiger partial charge < -0.3 is 15.2 Å². The zero-order chi connectivity index (χ0) is 14.4. The van der Waals surface area contributed by atoms with Crippen molar-refractivity contribution in [3.8, 4) is 11.5 Å². The fraction of sp³-hybridized carbons (Fsp3) is 0.0625. The van der Waals surface area contributed by atoms with E-state index in [1.807, 2.05) is 24.3 Å². The number of anilines is 1. The van der Waals surface area contributed by atoms with E-state index in [1.54, 1.807) is 25.3 Å². The fourth-order valence-electron chi connectivity index (χ4n) is 1.65. The molecule has 0 unspecified atom stereocenters.